The van der Waals surface area contributed by atoms with Crippen molar-refractivity contribution in [1.29, 1.82) is 0 Å². The van der Waals surface area contributed by atoms with E-state index in [9.17, 15) is 8.42 Å². The van der Waals surface area contributed by atoms with Crippen LogP contribution in [0.5, 0.6) is 0 Å². The van der Waals surface area contributed by atoms with Crippen molar-refractivity contribution in [2.45, 2.75) is 13.3 Å². The molecule has 4 heteroatoms. The molecular formula is C12H14O2S2. The number of allylic oxidation sites excluding steroid dienone is 1. The number of rotatable bonds is 1. The van der Waals surface area contributed by atoms with Crippen molar-refractivity contribution >= 4 is 27.2 Å². The first-order valence-electron chi connectivity index (χ1n) is 5.23. The molecule has 16 heavy (non-hydrogen) atoms. The molecule has 0 aliphatic carbocycles. The van der Waals surface area contributed by atoms with E-state index in [0.717, 1.165) is 17.6 Å². The van der Waals surface area contributed by atoms with Crippen LogP contribution >= 0.6 is 0 Å². The van der Waals surface area contributed by atoms with Gasteiger partial charge >= 0.3 is 0 Å². The van der Waals surface area contributed by atoms with Gasteiger partial charge in [0.2, 0.25) is 0 Å². The Bertz CT molecular complexity index is 445. The molecule has 1 saturated heterocycles. The molecule has 1 heterocycles. The fourth-order valence-corrected chi connectivity index (χ4v) is 5.37. The molecule has 1 fully saturated rings. The van der Waals surface area contributed by atoms with Gasteiger partial charge in [-0.15, -0.1) is 0 Å². The van der Waals surface area contributed by atoms with Crippen molar-refractivity contribution in [3.63, 3.8) is 0 Å². The molecule has 0 N–H and O–H groups in total. The molecule has 1 aromatic rings. The van der Waals surface area contributed by atoms with Crippen molar-refractivity contribution in [3.8, 4) is 0 Å². The topological polar surface area (TPSA) is 34.1 Å². The number of hydrogen-bond acceptors (Lipinski definition) is 2. The van der Waals surface area contributed by atoms with Gasteiger partial charge in [0.25, 0.3) is 0 Å². The highest BCUT2D eigenvalue weighted by Crippen LogP contribution is 2.26. The molecule has 2 nitrogen and oxygen atoms in total. The van der Waals surface area contributed by atoms with Crippen LogP contribution in [0, 0.1) is 0 Å². The first kappa shape index (κ1) is 11.7. The van der Waals surface area contributed by atoms with E-state index in [1.54, 1.807) is 0 Å². The van der Waals surface area contributed by atoms with E-state index in [4.69, 9.17) is 0 Å². The summed E-state index contributed by atoms with van der Waals surface area (Å²) in [6, 6.07) is 9.75. The first-order chi connectivity index (χ1) is 7.70. The smallest absolute Gasteiger partial charge is 0.106 e. The Hall–Kier alpha value is -0.740. The lowest BCUT2D eigenvalue weighted by atomic mass is 10.1. The van der Waals surface area contributed by atoms with E-state index in [0.29, 0.717) is 15.7 Å². The van der Waals surface area contributed by atoms with Gasteiger partial charge in [-0.25, -0.2) is 0 Å². The summed E-state index contributed by atoms with van der Waals surface area (Å²) >= 11 is 0. The fraction of sp³-hybridized carbons (Fsp3) is 0.333. The van der Waals surface area contributed by atoms with Crippen LogP contribution in [0.4, 0.5) is 0 Å². The summed E-state index contributed by atoms with van der Waals surface area (Å²) < 4.78 is 24.4. The predicted molar refractivity (Wildman–Crippen MR) is 69.7 cm³/mol. The van der Waals surface area contributed by atoms with Crippen LogP contribution in [0.15, 0.2) is 34.6 Å². The van der Waals surface area contributed by atoms with E-state index >= 15 is 0 Å². The second kappa shape index (κ2) is 5.06. The van der Waals surface area contributed by atoms with Crippen molar-refractivity contribution in [2.24, 2.45) is 0 Å². The van der Waals surface area contributed by atoms with Gasteiger partial charge in [0.15, 0.2) is 0 Å². The maximum atomic E-state index is 11.9. The molecule has 0 aromatic heterocycles. The van der Waals surface area contributed by atoms with Gasteiger partial charge in [-0.2, -0.15) is 0 Å². The Morgan fingerprint density at radius 3 is 2.19 bits per heavy atom. The molecule has 2 rings (SSSR count). The maximum absolute atomic E-state index is 11.9. The summed E-state index contributed by atoms with van der Waals surface area (Å²) in [5, 5.41) is 0. The lowest BCUT2D eigenvalue weighted by Gasteiger charge is -2.16. The third-order valence-electron chi connectivity index (χ3n) is 2.59. The fourth-order valence-electron chi connectivity index (χ4n) is 1.76. The Morgan fingerprint density at radius 2 is 1.62 bits per heavy atom. The van der Waals surface area contributed by atoms with Crippen LogP contribution in [-0.4, -0.2) is 19.9 Å². The summed E-state index contributed by atoms with van der Waals surface area (Å²) in [6.45, 7) is 1.91. The van der Waals surface area contributed by atoms with Crippen molar-refractivity contribution < 1.29 is 8.42 Å². The van der Waals surface area contributed by atoms with Gasteiger partial charge in [0, 0.05) is 11.5 Å². The molecular weight excluding hydrogens is 240 g/mol. The maximum Gasteiger partial charge on any atom is 0.106 e. The summed E-state index contributed by atoms with van der Waals surface area (Å²) in [5.41, 5.74) is 1.93. The van der Waals surface area contributed by atoms with Crippen LogP contribution in [0.2, 0.25) is 0 Å². The van der Waals surface area contributed by atoms with E-state index in [-0.39, 0.29) is 0 Å². The Kier molecular flexibility index (Phi) is 3.71. The first-order valence-corrected chi connectivity index (χ1v) is 7.87. The molecule has 0 spiro atoms. The molecule has 0 radical (unpaired) electrons. The van der Waals surface area contributed by atoms with Gasteiger partial charge < -0.3 is 0 Å². The zero-order chi connectivity index (χ0) is 11.5. The second-order valence-electron chi connectivity index (χ2n) is 3.73. The van der Waals surface area contributed by atoms with E-state index < -0.39 is 21.6 Å². The SMILES string of the molecule is CC(=C1S(=O)CCCS1=O)c1ccccc1. The molecule has 1 aliphatic heterocycles. The van der Waals surface area contributed by atoms with Gasteiger partial charge in [-0.05, 0) is 24.5 Å². The van der Waals surface area contributed by atoms with E-state index in [2.05, 4.69) is 0 Å². The third-order valence-corrected chi connectivity index (χ3v) is 6.46. The van der Waals surface area contributed by atoms with E-state index in [1.165, 1.54) is 0 Å². The zero-order valence-electron chi connectivity index (χ0n) is 9.14. The minimum atomic E-state index is -1.06. The Balaban J connectivity index is 2.47. The number of hydrogen-bond donors (Lipinski definition) is 0. The highest BCUT2D eigenvalue weighted by molar-refractivity contribution is 8.09. The molecule has 0 amide bonds. The Morgan fingerprint density at radius 1 is 1.06 bits per heavy atom. The normalized spacial score (nSPS) is 25.4. The van der Waals surface area contributed by atoms with Gasteiger partial charge in [-0.1, -0.05) is 30.3 Å². The average molecular weight is 254 g/mol. The van der Waals surface area contributed by atoms with Crippen LogP contribution < -0.4 is 0 Å². The largest absolute Gasteiger partial charge is 0.254 e. The van der Waals surface area contributed by atoms with Crippen LogP contribution in [0.1, 0.15) is 18.9 Å². The van der Waals surface area contributed by atoms with Crippen LogP contribution in [0.25, 0.3) is 5.57 Å². The minimum Gasteiger partial charge on any atom is -0.254 e. The number of benzene rings is 1. The Labute approximate surface area is 101 Å². The molecule has 0 bridgehead atoms. The van der Waals surface area contributed by atoms with Gasteiger partial charge in [0.1, 0.15) is 4.24 Å². The standard InChI is InChI=1S/C12H14O2S2/c1-10(11-6-3-2-4-7-11)12-15(13)8-5-9-16(12)14/h2-4,6-7H,5,8-9H2,1H3. The molecule has 1 aliphatic rings. The average Bonchev–Trinajstić information content (AvgIpc) is 2.30. The monoisotopic (exact) mass is 254 g/mol. The van der Waals surface area contributed by atoms with Crippen molar-refractivity contribution in [1.82, 2.24) is 0 Å². The highest BCUT2D eigenvalue weighted by Gasteiger charge is 2.23. The lowest BCUT2D eigenvalue weighted by molar-refractivity contribution is 0.677. The van der Waals surface area contributed by atoms with Gasteiger partial charge in [-0.3, -0.25) is 8.42 Å². The van der Waals surface area contributed by atoms with Crippen LogP contribution in [0.3, 0.4) is 0 Å². The molecule has 2 unspecified atom stereocenters. The third kappa shape index (κ3) is 2.33. The zero-order valence-corrected chi connectivity index (χ0v) is 10.8. The molecule has 1 aromatic carbocycles. The van der Waals surface area contributed by atoms with Crippen molar-refractivity contribution in [2.75, 3.05) is 11.5 Å². The summed E-state index contributed by atoms with van der Waals surface area (Å²) in [7, 11) is -2.12. The van der Waals surface area contributed by atoms with E-state index in [1.807, 2.05) is 37.3 Å². The molecule has 0 saturated carbocycles. The van der Waals surface area contributed by atoms with Gasteiger partial charge in [0.05, 0.1) is 21.6 Å². The quantitative estimate of drug-likeness (QED) is 0.770. The highest BCUT2D eigenvalue weighted by atomic mass is 32.2. The summed E-state index contributed by atoms with van der Waals surface area (Å²) in [4.78, 5) is 0. The molecule has 2 atom stereocenters. The second-order valence-corrected chi connectivity index (χ2v) is 7.00. The van der Waals surface area contributed by atoms with Crippen LogP contribution in [-0.2, 0) is 21.6 Å². The molecule has 86 valence electrons. The summed E-state index contributed by atoms with van der Waals surface area (Å²) in [6.07, 6.45) is 0.796. The predicted octanol–water partition coefficient (Wildman–Crippen LogP) is 2.28. The lowest BCUT2D eigenvalue weighted by Crippen LogP contribution is -2.18. The summed E-state index contributed by atoms with van der Waals surface area (Å²) in [5.74, 6) is 1.29. The minimum absolute atomic E-state index is 0.637. The van der Waals surface area contributed by atoms with Crippen molar-refractivity contribution in [3.05, 3.63) is 40.1 Å².